The van der Waals surface area contributed by atoms with Crippen LogP contribution in [0.25, 0.3) is 0 Å². The van der Waals surface area contributed by atoms with E-state index in [0.29, 0.717) is 6.61 Å². The van der Waals surface area contributed by atoms with E-state index in [2.05, 4.69) is 16.9 Å². The molecule has 0 bridgehead atoms. The summed E-state index contributed by atoms with van der Waals surface area (Å²) in [5, 5.41) is 8.29. The van der Waals surface area contributed by atoms with Crippen molar-refractivity contribution in [1.29, 1.82) is 0 Å². The van der Waals surface area contributed by atoms with E-state index in [4.69, 9.17) is 16.6 Å². The Balaban J connectivity index is 0.000000317. The second kappa shape index (κ2) is 13.5. The van der Waals surface area contributed by atoms with Crippen molar-refractivity contribution in [2.45, 2.75) is 46.5 Å². The van der Waals surface area contributed by atoms with Crippen molar-refractivity contribution in [3.63, 3.8) is 0 Å². The molecule has 0 aliphatic carbocycles. The first kappa shape index (κ1) is 20.9. The minimum atomic E-state index is 0.361. The summed E-state index contributed by atoms with van der Waals surface area (Å²) in [6.45, 7) is 6.29. The Hall–Kier alpha value is -2.14. The molecule has 0 spiro atoms. The van der Waals surface area contributed by atoms with Crippen LogP contribution in [0.1, 0.15) is 44.0 Å². The molecule has 0 saturated heterocycles. The van der Waals surface area contributed by atoms with Gasteiger partial charge in [0.2, 0.25) is 0 Å². The average Bonchev–Trinajstić information content (AvgIpc) is 2.55. The number of anilines is 2. The molecule has 5 heteroatoms. The van der Waals surface area contributed by atoms with Crippen LogP contribution in [-0.4, -0.2) is 21.7 Å². The third kappa shape index (κ3) is 11.1. The number of aliphatic hydroxyl groups excluding tert-OH is 1. The normalized spacial score (nSPS) is 9.22. The average molecular weight is 318 g/mol. The van der Waals surface area contributed by atoms with Crippen LogP contribution in [0.5, 0.6) is 0 Å². The zero-order valence-electron chi connectivity index (χ0n) is 14.5. The molecule has 0 atom stereocenters. The number of hydrogen-bond acceptors (Lipinski definition) is 5. The number of nitrogen functional groups attached to an aromatic ring is 2. The fraction of sp³-hybridized carbons (Fsp3) is 0.444. The van der Waals surface area contributed by atoms with Crippen molar-refractivity contribution in [2.75, 3.05) is 18.1 Å². The lowest BCUT2D eigenvalue weighted by Crippen LogP contribution is -1.89. The second-order valence-corrected chi connectivity index (χ2v) is 5.14. The van der Waals surface area contributed by atoms with Crippen LogP contribution in [0.2, 0.25) is 0 Å². The Bertz CT molecular complexity index is 442. The summed E-state index contributed by atoms with van der Waals surface area (Å²) >= 11 is 0. The number of aromatic nitrogens is 2. The number of rotatable bonds is 4. The monoisotopic (exact) mass is 318 g/mol. The first-order valence-electron chi connectivity index (χ1n) is 7.97. The smallest absolute Gasteiger partial charge is 0.0601 e. The Morgan fingerprint density at radius 1 is 0.870 bits per heavy atom. The predicted octanol–water partition coefficient (Wildman–Crippen LogP) is 3.50. The highest BCUT2D eigenvalue weighted by Crippen LogP contribution is 2.03. The highest BCUT2D eigenvalue weighted by Gasteiger charge is 1.87. The van der Waals surface area contributed by atoms with Crippen molar-refractivity contribution < 1.29 is 5.11 Å². The SMILES string of the molecule is CCCCCCO.Cc1ncccc1N.Cc1ncccc1N. The van der Waals surface area contributed by atoms with Crippen LogP contribution >= 0.6 is 0 Å². The molecule has 5 N–H and O–H groups in total. The fourth-order valence-electron chi connectivity index (χ4n) is 1.53. The molecule has 0 fully saturated rings. The molecule has 0 radical (unpaired) electrons. The molecule has 0 aliphatic heterocycles. The maximum Gasteiger partial charge on any atom is 0.0601 e. The maximum absolute atomic E-state index is 8.29. The highest BCUT2D eigenvalue weighted by molar-refractivity contribution is 5.41. The molecule has 23 heavy (non-hydrogen) atoms. The number of aliphatic hydroxyl groups is 1. The van der Waals surface area contributed by atoms with E-state index in [1.165, 1.54) is 19.3 Å². The van der Waals surface area contributed by atoms with Crippen molar-refractivity contribution in [3.8, 4) is 0 Å². The molecular formula is C18H30N4O. The largest absolute Gasteiger partial charge is 0.397 e. The minimum Gasteiger partial charge on any atom is -0.397 e. The van der Waals surface area contributed by atoms with Gasteiger partial charge in [-0.3, -0.25) is 9.97 Å². The Kier molecular flexibility index (Phi) is 12.3. The van der Waals surface area contributed by atoms with Crippen LogP contribution in [-0.2, 0) is 0 Å². The number of hydrogen-bond donors (Lipinski definition) is 3. The van der Waals surface area contributed by atoms with E-state index in [-0.39, 0.29) is 0 Å². The zero-order chi connectivity index (χ0) is 17.5. The van der Waals surface area contributed by atoms with Gasteiger partial charge in [0, 0.05) is 19.0 Å². The lowest BCUT2D eigenvalue weighted by atomic mass is 10.2. The van der Waals surface area contributed by atoms with E-state index < -0.39 is 0 Å². The van der Waals surface area contributed by atoms with E-state index in [0.717, 1.165) is 29.2 Å². The van der Waals surface area contributed by atoms with E-state index in [1.54, 1.807) is 12.4 Å². The van der Waals surface area contributed by atoms with E-state index >= 15 is 0 Å². The molecular weight excluding hydrogens is 288 g/mol. The minimum absolute atomic E-state index is 0.361. The van der Waals surface area contributed by atoms with Gasteiger partial charge in [0.1, 0.15) is 0 Å². The summed E-state index contributed by atoms with van der Waals surface area (Å²) in [7, 11) is 0. The number of unbranched alkanes of at least 4 members (excludes halogenated alkanes) is 3. The van der Waals surface area contributed by atoms with Gasteiger partial charge in [-0.15, -0.1) is 0 Å². The third-order valence-corrected chi connectivity index (χ3v) is 3.11. The Morgan fingerprint density at radius 3 is 1.61 bits per heavy atom. The molecule has 0 amide bonds. The number of nitrogens with two attached hydrogens (primary N) is 2. The molecule has 5 nitrogen and oxygen atoms in total. The van der Waals surface area contributed by atoms with Gasteiger partial charge >= 0.3 is 0 Å². The van der Waals surface area contributed by atoms with Crippen molar-refractivity contribution in [1.82, 2.24) is 9.97 Å². The molecule has 128 valence electrons. The lowest BCUT2D eigenvalue weighted by Gasteiger charge is -1.92. The Labute approximate surface area is 139 Å². The molecule has 0 aliphatic rings. The molecule has 0 unspecified atom stereocenters. The van der Waals surface area contributed by atoms with Crippen molar-refractivity contribution in [3.05, 3.63) is 48.0 Å². The van der Waals surface area contributed by atoms with Crippen LogP contribution in [0.15, 0.2) is 36.7 Å². The molecule has 0 aromatic carbocycles. The van der Waals surface area contributed by atoms with Gasteiger partial charge in [-0.25, -0.2) is 0 Å². The summed E-state index contributed by atoms with van der Waals surface area (Å²) in [6, 6.07) is 7.31. The summed E-state index contributed by atoms with van der Waals surface area (Å²) in [6.07, 6.45) is 8.14. The summed E-state index contributed by atoms with van der Waals surface area (Å²) in [5.74, 6) is 0. The lowest BCUT2D eigenvalue weighted by molar-refractivity contribution is 0.283. The Morgan fingerprint density at radius 2 is 1.35 bits per heavy atom. The van der Waals surface area contributed by atoms with Gasteiger partial charge in [-0.05, 0) is 44.5 Å². The van der Waals surface area contributed by atoms with E-state index in [9.17, 15) is 0 Å². The number of pyridine rings is 2. The van der Waals surface area contributed by atoms with Crippen molar-refractivity contribution in [2.24, 2.45) is 0 Å². The standard InChI is InChI=1S/2C6H8N2.C6H14O/c2*1-5-6(7)3-2-4-8-5;1-2-3-4-5-6-7/h2*2-4H,7H2,1H3;7H,2-6H2,1H3. The first-order valence-corrected chi connectivity index (χ1v) is 7.97. The van der Waals surface area contributed by atoms with E-state index in [1.807, 2.05) is 38.1 Å². The second-order valence-electron chi connectivity index (χ2n) is 5.14. The van der Waals surface area contributed by atoms with Crippen molar-refractivity contribution >= 4 is 11.4 Å². The molecule has 0 saturated carbocycles. The van der Waals surface area contributed by atoms with Crippen LogP contribution in [0.3, 0.4) is 0 Å². The zero-order valence-corrected chi connectivity index (χ0v) is 14.5. The van der Waals surface area contributed by atoms with Gasteiger partial charge in [0.25, 0.3) is 0 Å². The molecule has 2 aromatic rings. The van der Waals surface area contributed by atoms with Gasteiger partial charge < -0.3 is 16.6 Å². The topological polar surface area (TPSA) is 98.0 Å². The number of nitrogens with zero attached hydrogens (tertiary/aromatic N) is 2. The number of aryl methyl sites for hydroxylation is 2. The third-order valence-electron chi connectivity index (χ3n) is 3.11. The summed E-state index contributed by atoms with van der Waals surface area (Å²) in [4.78, 5) is 7.91. The van der Waals surface area contributed by atoms with Gasteiger partial charge in [0.05, 0.1) is 22.8 Å². The maximum atomic E-state index is 8.29. The van der Waals surface area contributed by atoms with Gasteiger partial charge in [-0.1, -0.05) is 26.2 Å². The van der Waals surface area contributed by atoms with Crippen LogP contribution in [0, 0.1) is 13.8 Å². The predicted molar refractivity (Wildman–Crippen MR) is 98.0 cm³/mol. The highest BCUT2D eigenvalue weighted by atomic mass is 16.2. The molecule has 2 heterocycles. The van der Waals surface area contributed by atoms with Crippen LogP contribution < -0.4 is 11.5 Å². The quantitative estimate of drug-likeness (QED) is 0.749. The van der Waals surface area contributed by atoms with Crippen LogP contribution in [0.4, 0.5) is 11.4 Å². The van der Waals surface area contributed by atoms with Gasteiger partial charge in [-0.2, -0.15) is 0 Å². The summed E-state index contributed by atoms with van der Waals surface area (Å²) < 4.78 is 0. The van der Waals surface area contributed by atoms with Gasteiger partial charge in [0.15, 0.2) is 0 Å². The molecule has 2 rings (SSSR count). The summed E-state index contributed by atoms with van der Waals surface area (Å²) in [5.41, 5.74) is 14.2. The fourth-order valence-corrected chi connectivity index (χ4v) is 1.53. The first-order chi connectivity index (χ1) is 11.0. The molecule has 2 aromatic heterocycles.